The third kappa shape index (κ3) is 1.42. The maximum absolute atomic E-state index is 12.1. The Balaban J connectivity index is 2.50. The number of halogens is 1. The maximum Gasteiger partial charge on any atom is 0.154 e. The number of carbonyl (C=O) groups is 1. The molecule has 0 heterocycles. The summed E-state index contributed by atoms with van der Waals surface area (Å²) < 4.78 is 33.0. The van der Waals surface area contributed by atoms with Crippen molar-refractivity contribution in [3.63, 3.8) is 0 Å². The zero-order valence-electron chi connectivity index (χ0n) is 9.20. The van der Waals surface area contributed by atoms with E-state index in [9.17, 15) is 17.8 Å². The molecule has 2 aliphatic carbocycles. The van der Waals surface area contributed by atoms with Crippen molar-refractivity contribution in [1.29, 1.82) is 0 Å². The van der Waals surface area contributed by atoms with Crippen molar-refractivity contribution in [3.8, 4) is 0 Å². The van der Waals surface area contributed by atoms with Crippen LogP contribution in [-0.2, 0) is 14.9 Å². The number of carbonyl (C=O) groups excluding carboxylic acids is 1. The molecule has 0 unspecified atom stereocenters. The highest BCUT2D eigenvalue weighted by atomic mass is 79.9. The van der Waals surface area contributed by atoms with E-state index in [4.69, 9.17) is 0 Å². The zero-order chi connectivity index (χ0) is 12.4. The zero-order valence-corrected chi connectivity index (χ0v) is 11.6. The molecule has 0 aromatic carbocycles. The lowest BCUT2D eigenvalue weighted by Gasteiger charge is -2.36. The van der Waals surface area contributed by atoms with Crippen molar-refractivity contribution in [2.75, 3.05) is 5.75 Å². The van der Waals surface area contributed by atoms with Gasteiger partial charge in [-0.05, 0) is 24.2 Å². The minimum absolute atomic E-state index is 0.104. The fraction of sp³-hybridized carbons (Fsp3) is 0.900. The monoisotopic (exact) mass is 309 g/mol. The van der Waals surface area contributed by atoms with E-state index in [0.717, 1.165) is 6.42 Å². The molecule has 0 aromatic rings. The van der Waals surface area contributed by atoms with Crippen LogP contribution in [0.5, 0.6) is 0 Å². The maximum atomic E-state index is 12.1. The lowest BCUT2D eigenvalue weighted by molar-refractivity contribution is -0.127. The van der Waals surface area contributed by atoms with Crippen molar-refractivity contribution in [2.45, 2.75) is 31.5 Å². The average Bonchev–Trinajstić information content (AvgIpc) is 2.39. The van der Waals surface area contributed by atoms with E-state index >= 15 is 0 Å². The normalized spacial score (nSPS) is 41.6. The van der Waals surface area contributed by atoms with E-state index in [2.05, 4.69) is 15.9 Å². The van der Waals surface area contributed by atoms with Gasteiger partial charge < -0.3 is 4.55 Å². The van der Waals surface area contributed by atoms with Gasteiger partial charge in [0.05, 0.1) is 20.7 Å². The highest BCUT2D eigenvalue weighted by Gasteiger charge is 2.68. The number of fused-ring (bicyclic) bond motifs is 2. The highest BCUT2D eigenvalue weighted by Crippen LogP contribution is 2.65. The van der Waals surface area contributed by atoms with Crippen molar-refractivity contribution < 1.29 is 17.8 Å². The van der Waals surface area contributed by atoms with E-state index < -0.39 is 26.7 Å². The van der Waals surface area contributed by atoms with E-state index in [1.54, 1.807) is 0 Å². The van der Waals surface area contributed by atoms with Crippen LogP contribution in [0, 0.1) is 16.7 Å². The molecule has 2 saturated carbocycles. The Kier molecular flexibility index (Phi) is 2.58. The van der Waals surface area contributed by atoms with Crippen molar-refractivity contribution in [1.82, 2.24) is 0 Å². The Hall–Kier alpha value is 0.0600. The summed E-state index contributed by atoms with van der Waals surface area (Å²) in [6, 6.07) is 0. The van der Waals surface area contributed by atoms with Crippen LogP contribution in [0.1, 0.15) is 26.7 Å². The Morgan fingerprint density at radius 2 is 2.06 bits per heavy atom. The first-order chi connectivity index (χ1) is 7.12. The number of alkyl halides is 1. The number of ketones is 1. The number of hydrogen-bond donors (Lipinski definition) is 0. The molecule has 4 nitrogen and oxygen atoms in total. The first-order valence-electron chi connectivity index (χ1n) is 5.24. The summed E-state index contributed by atoms with van der Waals surface area (Å²) in [5.74, 6) is -0.514. The number of Topliss-reactive ketones (excluding diaryl/α,β-unsaturated/α-hetero) is 1. The first kappa shape index (κ1) is 12.5. The number of hydrogen-bond acceptors (Lipinski definition) is 4. The van der Waals surface area contributed by atoms with Gasteiger partial charge in [0.1, 0.15) is 0 Å². The van der Waals surface area contributed by atoms with Gasteiger partial charge >= 0.3 is 0 Å². The molecule has 0 saturated heterocycles. The molecule has 3 atom stereocenters. The SMILES string of the molecule is CC1(C)[C@@H]2CC[C@@]1(CS(=O)(=O)[O-])C(=O)[C@H]2Br. The summed E-state index contributed by atoms with van der Waals surface area (Å²) >= 11 is 3.33. The minimum Gasteiger partial charge on any atom is -0.748 e. The fourth-order valence-electron chi connectivity index (χ4n) is 3.47. The Labute approximate surface area is 104 Å². The van der Waals surface area contributed by atoms with Crippen LogP contribution in [0.3, 0.4) is 0 Å². The second-order valence-corrected chi connectivity index (χ2v) is 7.81. The molecule has 2 fully saturated rings. The van der Waals surface area contributed by atoms with Gasteiger partial charge in [-0.1, -0.05) is 29.8 Å². The molecule has 0 radical (unpaired) electrons. The molecule has 0 spiro atoms. The molecule has 0 N–H and O–H groups in total. The van der Waals surface area contributed by atoms with Gasteiger partial charge in [-0.15, -0.1) is 0 Å². The summed E-state index contributed by atoms with van der Waals surface area (Å²) in [6.07, 6.45) is 1.33. The molecule has 2 aliphatic rings. The van der Waals surface area contributed by atoms with Crippen LogP contribution in [0.15, 0.2) is 0 Å². The van der Waals surface area contributed by atoms with E-state index in [-0.39, 0.29) is 16.5 Å². The summed E-state index contributed by atoms with van der Waals surface area (Å²) in [4.78, 5) is 11.8. The second-order valence-electron chi connectivity index (χ2n) is 5.42. The van der Waals surface area contributed by atoms with Crippen LogP contribution >= 0.6 is 15.9 Å². The van der Waals surface area contributed by atoms with Crippen LogP contribution in [0.2, 0.25) is 0 Å². The lowest BCUT2D eigenvalue weighted by atomic mass is 9.70. The average molecular weight is 310 g/mol. The van der Waals surface area contributed by atoms with Crippen LogP contribution in [0.4, 0.5) is 0 Å². The highest BCUT2D eigenvalue weighted by molar-refractivity contribution is 9.10. The largest absolute Gasteiger partial charge is 0.748 e. The van der Waals surface area contributed by atoms with Gasteiger partial charge in [-0.25, -0.2) is 8.42 Å². The molecule has 0 amide bonds. The molecule has 16 heavy (non-hydrogen) atoms. The molecule has 2 bridgehead atoms. The van der Waals surface area contributed by atoms with Gasteiger partial charge in [-0.2, -0.15) is 0 Å². The minimum atomic E-state index is -4.37. The Bertz CT molecular complexity index is 442. The lowest BCUT2D eigenvalue weighted by Crippen LogP contribution is -2.43. The fourth-order valence-corrected chi connectivity index (χ4v) is 6.10. The standard InChI is InChI=1S/C10H15BrO4S/c1-9(2)6-3-4-10(9,5-16(13,14)15)8(12)7(6)11/h6-7H,3-5H2,1-2H3,(H,13,14,15)/p-1/t6-,7+,10-/m1/s1. The molecular weight excluding hydrogens is 296 g/mol. The third-order valence-corrected chi connectivity index (χ3v) is 6.44. The molecule has 2 rings (SSSR count). The number of rotatable bonds is 2. The molecular formula is C10H14BrO4S-. The van der Waals surface area contributed by atoms with E-state index in [1.807, 2.05) is 13.8 Å². The second kappa shape index (κ2) is 3.29. The first-order valence-corrected chi connectivity index (χ1v) is 7.73. The van der Waals surface area contributed by atoms with Crippen LogP contribution < -0.4 is 0 Å². The smallest absolute Gasteiger partial charge is 0.154 e. The van der Waals surface area contributed by atoms with Crippen molar-refractivity contribution >= 4 is 31.8 Å². The third-order valence-electron chi connectivity index (χ3n) is 4.54. The molecule has 0 aliphatic heterocycles. The van der Waals surface area contributed by atoms with Gasteiger partial charge in [-0.3, -0.25) is 4.79 Å². The summed E-state index contributed by atoms with van der Waals surface area (Å²) in [5, 5.41) is 0. The molecule has 6 heteroatoms. The predicted octanol–water partition coefficient (Wildman–Crippen LogP) is 1.30. The van der Waals surface area contributed by atoms with Gasteiger partial charge in [0, 0.05) is 5.41 Å². The van der Waals surface area contributed by atoms with E-state index in [1.165, 1.54) is 0 Å². The van der Waals surface area contributed by atoms with Gasteiger partial charge in [0.2, 0.25) is 0 Å². The molecule has 0 aromatic heterocycles. The van der Waals surface area contributed by atoms with Crippen molar-refractivity contribution in [2.24, 2.45) is 16.7 Å². The molecule has 92 valence electrons. The summed E-state index contributed by atoms with van der Waals surface area (Å²) in [7, 11) is -4.37. The Morgan fingerprint density at radius 3 is 2.44 bits per heavy atom. The predicted molar refractivity (Wildman–Crippen MR) is 61.2 cm³/mol. The summed E-state index contributed by atoms with van der Waals surface area (Å²) in [6.45, 7) is 3.80. The van der Waals surface area contributed by atoms with Gasteiger partial charge in [0.15, 0.2) is 5.78 Å². The van der Waals surface area contributed by atoms with Crippen LogP contribution in [-0.4, -0.2) is 29.3 Å². The van der Waals surface area contributed by atoms with Crippen molar-refractivity contribution in [3.05, 3.63) is 0 Å². The van der Waals surface area contributed by atoms with E-state index in [0.29, 0.717) is 6.42 Å². The van der Waals surface area contributed by atoms with Gasteiger partial charge in [0.25, 0.3) is 0 Å². The van der Waals surface area contributed by atoms with Crippen LogP contribution in [0.25, 0.3) is 0 Å². The topological polar surface area (TPSA) is 74.3 Å². The Morgan fingerprint density at radius 1 is 1.50 bits per heavy atom. The summed E-state index contributed by atoms with van der Waals surface area (Å²) in [5.41, 5.74) is -1.37. The quantitative estimate of drug-likeness (QED) is 0.569.